The molecule has 5 rings (SSSR count). The fourth-order valence-electron chi connectivity index (χ4n) is 4.18. The fourth-order valence-corrected chi connectivity index (χ4v) is 4.18. The number of H-pyrrole nitrogens is 1. The molecule has 0 atom stereocenters. The number of esters is 1. The molecule has 1 N–H and O–H groups in total. The number of aliphatic imine (C=N–C) groups is 1. The first-order valence-corrected chi connectivity index (χ1v) is 11.1. The lowest BCUT2D eigenvalue weighted by Gasteiger charge is -2.15. The van der Waals surface area contributed by atoms with E-state index in [1.165, 1.54) is 19.1 Å². The van der Waals surface area contributed by atoms with E-state index in [0.717, 1.165) is 58.5 Å². The highest BCUT2D eigenvalue weighted by molar-refractivity contribution is 6.14. The molecule has 0 amide bonds. The number of nitrogens with zero attached hydrogens (tertiary/aromatic N) is 4. The summed E-state index contributed by atoms with van der Waals surface area (Å²) in [5, 5.41) is 12.9. The van der Waals surface area contributed by atoms with E-state index in [1.54, 1.807) is 12.1 Å². The molecule has 1 aliphatic carbocycles. The number of hydrogen-bond donors (Lipinski definition) is 1. The lowest BCUT2D eigenvalue weighted by atomic mass is 9.92. The highest BCUT2D eigenvalue weighted by Gasteiger charge is 2.19. The van der Waals surface area contributed by atoms with Crippen molar-refractivity contribution in [1.82, 2.24) is 20.0 Å². The maximum atomic E-state index is 11.7. The number of carbonyl (C=O) groups is 1. The summed E-state index contributed by atoms with van der Waals surface area (Å²) in [5.41, 5.74) is 7.40. The van der Waals surface area contributed by atoms with Gasteiger partial charge in [0.25, 0.3) is 0 Å². The zero-order chi connectivity index (χ0) is 22.8. The Labute approximate surface area is 191 Å². The number of aryl methyl sites for hydroxylation is 1. The molecule has 33 heavy (non-hydrogen) atoms. The van der Waals surface area contributed by atoms with Crippen molar-refractivity contribution in [2.24, 2.45) is 4.99 Å². The highest BCUT2D eigenvalue weighted by atomic mass is 16.5. The van der Waals surface area contributed by atoms with E-state index < -0.39 is 0 Å². The van der Waals surface area contributed by atoms with Gasteiger partial charge in [0.1, 0.15) is 0 Å². The summed E-state index contributed by atoms with van der Waals surface area (Å²) in [6.45, 7) is 2.01. The highest BCUT2D eigenvalue weighted by Crippen LogP contribution is 2.28. The molecule has 2 heterocycles. The average Bonchev–Trinajstić information content (AvgIpc) is 3.49. The van der Waals surface area contributed by atoms with Crippen molar-refractivity contribution < 1.29 is 9.53 Å². The Hall–Kier alpha value is -4.00. The molecule has 166 valence electrons. The number of rotatable bonds is 5. The summed E-state index contributed by atoms with van der Waals surface area (Å²) in [4.78, 5) is 16.8. The third kappa shape index (κ3) is 4.22. The minimum absolute atomic E-state index is 0.355. The maximum absolute atomic E-state index is 11.7. The normalized spacial score (nSPS) is 14.4. The Morgan fingerprint density at radius 1 is 1.15 bits per heavy atom. The topological polar surface area (TPSA) is 85.2 Å². The number of benzene rings is 2. The van der Waals surface area contributed by atoms with Gasteiger partial charge in [-0.25, -0.2) is 14.5 Å². The lowest BCUT2D eigenvalue weighted by Crippen LogP contribution is -2.08. The first kappa shape index (κ1) is 20.9. The van der Waals surface area contributed by atoms with Crippen molar-refractivity contribution in [3.8, 4) is 5.69 Å². The molecular weight excluding hydrogens is 414 g/mol. The van der Waals surface area contributed by atoms with Crippen LogP contribution in [-0.2, 0) is 4.74 Å². The largest absolute Gasteiger partial charge is 0.465 e. The van der Waals surface area contributed by atoms with Crippen LogP contribution in [0.5, 0.6) is 0 Å². The average molecular weight is 440 g/mol. The molecule has 0 fully saturated rings. The van der Waals surface area contributed by atoms with Crippen LogP contribution in [-0.4, -0.2) is 38.8 Å². The molecule has 0 saturated heterocycles. The van der Waals surface area contributed by atoms with Gasteiger partial charge < -0.3 is 4.74 Å². The summed E-state index contributed by atoms with van der Waals surface area (Å²) in [7, 11) is 1.38. The summed E-state index contributed by atoms with van der Waals surface area (Å²) in [6, 6.07) is 13.3. The van der Waals surface area contributed by atoms with Gasteiger partial charge in [0, 0.05) is 17.1 Å². The summed E-state index contributed by atoms with van der Waals surface area (Å²) in [6.07, 6.45) is 10.6. The lowest BCUT2D eigenvalue weighted by molar-refractivity contribution is 0.0600. The van der Waals surface area contributed by atoms with Gasteiger partial charge in [0.05, 0.1) is 47.2 Å². The van der Waals surface area contributed by atoms with Gasteiger partial charge >= 0.3 is 5.97 Å². The Bertz CT molecular complexity index is 1380. The SMILES string of the molecule is COC(=O)c1ccc(-n2cc(C(=Nc3ccc4[nH]ncc4c3)C3=CCCCC3)c(C)n2)cc1. The fraction of sp³-hybridized carbons (Fsp3) is 0.231. The summed E-state index contributed by atoms with van der Waals surface area (Å²) in [5.74, 6) is -0.355. The van der Waals surface area contributed by atoms with E-state index in [-0.39, 0.29) is 5.97 Å². The number of allylic oxidation sites excluding steroid dienone is 2. The van der Waals surface area contributed by atoms with Gasteiger partial charge in [-0.15, -0.1) is 0 Å². The smallest absolute Gasteiger partial charge is 0.337 e. The van der Waals surface area contributed by atoms with E-state index in [4.69, 9.17) is 14.8 Å². The van der Waals surface area contributed by atoms with Gasteiger partial charge in [-0.05, 0) is 80.6 Å². The Morgan fingerprint density at radius 2 is 2.00 bits per heavy atom. The van der Waals surface area contributed by atoms with Crippen LogP contribution in [0.1, 0.15) is 47.3 Å². The number of aromatic amines is 1. The molecule has 0 bridgehead atoms. The number of methoxy groups -OCH3 is 1. The van der Waals surface area contributed by atoms with Crippen LogP contribution in [0, 0.1) is 6.92 Å². The predicted octanol–water partition coefficient (Wildman–Crippen LogP) is 5.46. The second-order valence-electron chi connectivity index (χ2n) is 8.19. The number of fused-ring (bicyclic) bond motifs is 1. The predicted molar refractivity (Wildman–Crippen MR) is 128 cm³/mol. The maximum Gasteiger partial charge on any atom is 0.337 e. The number of hydrogen-bond acceptors (Lipinski definition) is 5. The Morgan fingerprint density at radius 3 is 2.76 bits per heavy atom. The van der Waals surface area contributed by atoms with Crippen LogP contribution in [0.2, 0.25) is 0 Å². The first-order valence-electron chi connectivity index (χ1n) is 11.1. The summed E-state index contributed by atoms with van der Waals surface area (Å²) < 4.78 is 6.63. The minimum atomic E-state index is -0.355. The zero-order valence-corrected chi connectivity index (χ0v) is 18.7. The van der Waals surface area contributed by atoms with Crippen LogP contribution in [0.3, 0.4) is 0 Å². The third-order valence-electron chi connectivity index (χ3n) is 5.97. The van der Waals surface area contributed by atoms with Gasteiger partial charge in [0.15, 0.2) is 0 Å². The minimum Gasteiger partial charge on any atom is -0.465 e. The zero-order valence-electron chi connectivity index (χ0n) is 18.7. The van der Waals surface area contributed by atoms with Gasteiger partial charge in [-0.1, -0.05) is 6.08 Å². The first-order chi connectivity index (χ1) is 16.1. The Kier molecular flexibility index (Phi) is 5.60. The molecule has 7 nitrogen and oxygen atoms in total. The molecule has 0 spiro atoms. The van der Waals surface area contributed by atoms with Crippen molar-refractivity contribution in [3.63, 3.8) is 0 Å². The summed E-state index contributed by atoms with van der Waals surface area (Å²) >= 11 is 0. The third-order valence-corrected chi connectivity index (χ3v) is 5.97. The van der Waals surface area contributed by atoms with Gasteiger partial charge in [-0.2, -0.15) is 10.2 Å². The number of nitrogens with one attached hydrogen (secondary N) is 1. The molecule has 0 aliphatic heterocycles. The van der Waals surface area contributed by atoms with Crippen molar-refractivity contribution in [2.75, 3.05) is 7.11 Å². The molecule has 2 aromatic heterocycles. The van der Waals surface area contributed by atoms with Crippen LogP contribution < -0.4 is 0 Å². The van der Waals surface area contributed by atoms with Crippen LogP contribution >= 0.6 is 0 Å². The van der Waals surface area contributed by atoms with E-state index in [2.05, 4.69) is 16.3 Å². The van der Waals surface area contributed by atoms with Crippen molar-refractivity contribution in [2.45, 2.75) is 32.6 Å². The van der Waals surface area contributed by atoms with Crippen molar-refractivity contribution >= 4 is 28.3 Å². The van der Waals surface area contributed by atoms with E-state index in [9.17, 15) is 4.79 Å². The van der Waals surface area contributed by atoms with Crippen LogP contribution in [0.15, 0.2) is 71.5 Å². The second kappa shape index (κ2) is 8.86. The molecule has 0 radical (unpaired) electrons. The number of aromatic nitrogens is 4. The molecule has 7 heteroatoms. The monoisotopic (exact) mass is 439 g/mol. The Balaban J connectivity index is 1.56. The molecule has 1 aliphatic rings. The molecule has 0 saturated carbocycles. The van der Waals surface area contributed by atoms with E-state index in [1.807, 2.05) is 54.3 Å². The van der Waals surface area contributed by atoms with Crippen molar-refractivity contribution in [3.05, 3.63) is 83.3 Å². The number of carbonyl (C=O) groups excluding carboxylic acids is 1. The van der Waals surface area contributed by atoms with Crippen LogP contribution in [0.4, 0.5) is 5.69 Å². The van der Waals surface area contributed by atoms with Crippen molar-refractivity contribution in [1.29, 1.82) is 0 Å². The van der Waals surface area contributed by atoms with Crippen LogP contribution in [0.25, 0.3) is 16.6 Å². The molecule has 2 aromatic carbocycles. The van der Waals surface area contributed by atoms with E-state index in [0.29, 0.717) is 5.56 Å². The van der Waals surface area contributed by atoms with E-state index >= 15 is 0 Å². The molecular formula is C26H25N5O2. The van der Waals surface area contributed by atoms with Gasteiger partial charge in [-0.3, -0.25) is 5.10 Å². The molecule has 0 unspecified atom stereocenters. The molecule has 4 aromatic rings. The second-order valence-corrected chi connectivity index (χ2v) is 8.19. The number of ether oxygens (including phenoxy) is 1. The standard InChI is InChI=1S/C26H25N5O2/c1-17-23(16-31(30-17)22-11-8-19(9-12-22)26(32)33-2)25(18-6-4-3-5-7-18)28-21-10-13-24-20(14-21)15-27-29-24/h6,8-16H,3-5,7H2,1-2H3,(H,27,29). The van der Waals surface area contributed by atoms with Gasteiger partial charge in [0.2, 0.25) is 0 Å². The quantitative estimate of drug-likeness (QED) is 0.330.